The highest BCUT2D eigenvalue weighted by Crippen LogP contribution is 2.31. The number of rotatable bonds is 4. The first-order valence-electron chi connectivity index (χ1n) is 11.5. The van der Waals surface area contributed by atoms with Crippen molar-refractivity contribution in [3.8, 4) is 5.75 Å². The smallest absolute Gasteiger partial charge is 0.257 e. The molecular weight excluding hydrogens is 438 g/mol. The van der Waals surface area contributed by atoms with E-state index in [0.717, 1.165) is 54.3 Å². The van der Waals surface area contributed by atoms with Crippen LogP contribution in [0.3, 0.4) is 0 Å². The van der Waals surface area contributed by atoms with Crippen molar-refractivity contribution in [2.45, 2.75) is 43.5 Å². The van der Waals surface area contributed by atoms with Crippen molar-refractivity contribution < 1.29 is 17.9 Å². The summed E-state index contributed by atoms with van der Waals surface area (Å²) in [6.45, 7) is 2.08. The van der Waals surface area contributed by atoms with E-state index in [1.54, 1.807) is 21.3 Å². The molecule has 3 heterocycles. The van der Waals surface area contributed by atoms with Gasteiger partial charge in [-0.2, -0.15) is 4.31 Å². The lowest BCUT2D eigenvalue weighted by molar-refractivity contribution is 0.0731. The van der Waals surface area contributed by atoms with Gasteiger partial charge in [0.25, 0.3) is 5.91 Å². The molecule has 1 aromatic heterocycles. The molecule has 8 heteroatoms. The van der Waals surface area contributed by atoms with Crippen molar-refractivity contribution in [1.29, 1.82) is 0 Å². The molecule has 1 fully saturated rings. The number of sulfonamides is 1. The number of fused-ring (bicyclic) bond motifs is 3. The van der Waals surface area contributed by atoms with E-state index in [-0.39, 0.29) is 16.4 Å². The number of carbonyl (C=O) groups is 1. The van der Waals surface area contributed by atoms with Gasteiger partial charge >= 0.3 is 0 Å². The summed E-state index contributed by atoms with van der Waals surface area (Å²) in [4.78, 5) is 19.0. The predicted molar refractivity (Wildman–Crippen MR) is 127 cm³/mol. The summed E-state index contributed by atoms with van der Waals surface area (Å²) in [6, 6.07) is 12.7. The molecule has 0 spiro atoms. The van der Waals surface area contributed by atoms with Crippen LogP contribution in [0.2, 0.25) is 0 Å². The number of carbonyl (C=O) groups excluding carboxylic acids is 1. The highest BCUT2D eigenvalue weighted by molar-refractivity contribution is 7.89. The van der Waals surface area contributed by atoms with Gasteiger partial charge in [0.2, 0.25) is 10.0 Å². The number of hydrogen-bond donors (Lipinski definition) is 1. The summed E-state index contributed by atoms with van der Waals surface area (Å²) in [5.74, 6) is 0.176. The maximum Gasteiger partial charge on any atom is 0.257 e. The standard InChI is InChI=1S/C25H29N3O4S/c1-32-24-11-10-18(33(30,31)28-13-6-2-3-7-14-28)16-20(24)25(29)27-15-12-23-21(17-27)19-8-4-5-9-22(19)26-23/h4-5,8-11,16,26H,2-3,6-7,12-15,17H2,1H3. The van der Waals surface area contributed by atoms with E-state index in [2.05, 4.69) is 11.1 Å². The number of benzene rings is 2. The summed E-state index contributed by atoms with van der Waals surface area (Å²) in [7, 11) is -2.16. The van der Waals surface area contributed by atoms with Gasteiger partial charge in [0, 0.05) is 54.8 Å². The van der Waals surface area contributed by atoms with Gasteiger partial charge in [-0.1, -0.05) is 31.0 Å². The average Bonchev–Trinajstić information content (AvgIpc) is 2.99. The maximum absolute atomic E-state index is 13.6. The van der Waals surface area contributed by atoms with Crippen LogP contribution < -0.4 is 4.74 Å². The lowest BCUT2D eigenvalue weighted by Gasteiger charge is -2.28. The van der Waals surface area contributed by atoms with Gasteiger partial charge in [-0.3, -0.25) is 4.79 Å². The number of aromatic nitrogens is 1. The number of aromatic amines is 1. The normalized spacial score (nSPS) is 17.5. The van der Waals surface area contributed by atoms with Crippen molar-refractivity contribution in [2.75, 3.05) is 26.7 Å². The molecule has 2 aliphatic rings. The second kappa shape index (κ2) is 8.83. The van der Waals surface area contributed by atoms with Gasteiger partial charge in [-0.05, 0) is 37.1 Å². The Hall–Kier alpha value is -2.84. The van der Waals surface area contributed by atoms with E-state index in [1.165, 1.54) is 13.2 Å². The van der Waals surface area contributed by atoms with Gasteiger partial charge in [0.1, 0.15) is 5.75 Å². The molecule has 0 aliphatic carbocycles. The summed E-state index contributed by atoms with van der Waals surface area (Å²) >= 11 is 0. The summed E-state index contributed by atoms with van der Waals surface area (Å²) in [5, 5.41) is 1.12. The van der Waals surface area contributed by atoms with Crippen LogP contribution in [0.1, 0.15) is 47.3 Å². The van der Waals surface area contributed by atoms with Crippen molar-refractivity contribution in [3.05, 3.63) is 59.3 Å². The zero-order valence-corrected chi connectivity index (χ0v) is 19.7. The molecule has 1 N–H and O–H groups in total. The molecule has 0 unspecified atom stereocenters. The first-order valence-corrected chi connectivity index (χ1v) is 13.0. The number of amides is 1. The molecule has 3 aromatic rings. The Morgan fingerprint density at radius 3 is 2.52 bits per heavy atom. The van der Waals surface area contributed by atoms with Gasteiger partial charge in [0.05, 0.1) is 17.6 Å². The molecule has 0 atom stereocenters. The number of H-pyrrole nitrogens is 1. The topological polar surface area (TPSA) is 82.7 Å². The quantitative estimate of drug-likeness (QED) is 0.630. The van der Waals surface area contributed by atoms with E-state index in [9.17, 15) is 13.2 Å². The molecule has 0 saturated carbocycles. The minimum atomic E-state index is -3.66. The second-order valence-electron chi connectivity index (χ2n) is 8.78. The number of nitrogens with one attached hydrogen (secondary N) is 1. The van der Waals surface area contributed by atoms with Gasteiger partial charge in [0.15, 0.2) is 0 Å². The van der Waals surface area contributed by atoms with Crippen molar-refractivity contribution in [3.63, 3.8) is 0 Å². The number of hydrogen-bond acceptors (Lipinski definition) is 4. The third kappa shape index (κ3) is 4.02. The van der Waals surface area contributed by atoms with Gasteiger partial charge < -0.3 is 14.6 Å². The van der Waals surface area contributed by atoms with Gasteiger partial charge in [-0.15, -0.1) is 0 Å². The lowest BCUT2D eigenvalue weighted by atomic mass is 10.0. The molecule has 33 heavy (non-hydrogen) atoms. The Bertz CT molecular complexity index is 1290. The number of para-hydroxylation sites is 1. The fraction of sp³-hybridized carbons (Fsp3) is 0.400. The van der Waals surface area contributed by atoms with Crippen LogP contribution in [0.25, 0.3) is 10.9 Å². The average molecular weight is 468 g/mol. The number of ether oxygens (including phenoxy) is 1. The van der Waals surface area contributed by atoms with E-state index < -0.39 is 10.0 Å². The molecule has 0 radical (unpaired) electrons. The van der Waals surface area contributed by atoms with E-state index >= 15 is 0 Å². The van der Waals surface area contributed by atoms with Crippen LogP contribution in [0.5, 0.6) is 5.75 Å². The maximum atomic E-state index is 13.6. The monoisotopic (exact) mass is 467 g/mol. The SMILES string of the molecule is COc1ccc(S(=O)(=O)N2CCCCCC2)cc1C(=O)N1CCc2[nH]c3ccccc3c2C1. The molecule has 174 valence electrons. The molecular formula is C25H29N3O4S. The highest BCUT2D eigenvalue weighted by atomic mass is 32.2. The predicted octanol–water partition coefficient (Wildman–Crippen LogP) is 3.94. The van der Waals surface area contributed by atoms with Crippen molar-refractivity contribution in [1.82, 2.24) is 14.2 Å². The van der Waals surface area contributed by atoms with Crippen LogP contribution in [0, 0.1) is 0 Å². The Kier molecular flexibility index (Phi) is 5.88. The van der Waals surface area contributed by atoms with Gasteiger partial charge in [-0.25, -0.2) is 8.42 Å². The Morgan fingerprint density at radius 2 is 1.76 bits per heavy atom. The van der Waals surface area contributed by atoms with Crippen LogP contribution in [0.15, 0.2) is 47.4 Å². The van der Waals surface area contributed by atoms with Crippen LogP contribution in [0.4, 0.5) is 0 Å². The van der Waals surface area contributed by atoms with Crippen LogP contribution >= 0.6 is 0 Å². The Morgan fingerprint density at radius 1 is 1.00 bits per heavy atom. The first-order chi connectivity index (χ1) is 16.0. The second-order valence-corrected chi connectivity index (χ2v) is 10.7. The Labute approximate surface area is 194 Å². The number of nitrogens with zero attached hydrogens (tertiary/aromatic N) is 2. The molecule has 0 bridgehead atoms. The van der Waals surface area contributed by atoms with E-state index in [0.29, 0.717) is 31.9 Å². The van der Waals surface area contributed by atoms with Crippen LogP contribution in [-0.2, 0) is 23.0 Å². The largest absolute Gasteiger partial charge is 0.496 e. The third-order valence-corrected chi connectivity index (χ3v) is 8.67. The molecule has 2 aliphatic heterocycles. The fourth-order valence-electron chi connectivity index (χ4n) is 4.96. The van der Waals surface area contributed by atoms with E-state index in [1.807, 2.05) is 18.2 Å². The zero-order valence-electron chi connectivity index (χ0n) is 18.8. The summed E-state index contributed by atoms with van der Waals surface area (Å²) in [5.41, 5.74) is 3.64. The Balaban J connectivity index is 1.46. The lowest BCUT2D eigenvalue weighted by Crippen LogP contribution is -2.36. The minimum Gasteiger partial charge on any atom is -0.496 e. The number of methoxy groups -OCH3 is 1. The summed E-state index contributed by atoms with van der Waals surface area (Å²) < 4.78 is 33.6. The molecule has 1 saturated heterocycles. The summed E-state index contributed by atoms with van der Waals surface area (Å²) in [6.07, 6.45) is 4.54. The van der Waals surface area contributed by atoms with Crippen molar-refractivity contribution >= 4 is 26.8 Å². The first kappa shape index (κ1) is 22.0. The molecule has 5 rings (SSSR count). The molecule has 2 aromatic carbocycles. The highest BCUT2D eigenvalue weighted by Gasteiger charge is 2.30. The van der Waals surface area contributed by atoms with Crippen molar-refractivity contribution in [2.24, 2.45) is 0 Å². The fourth-order valence-corrected chi connectivity index (χ4v) is 6.50. The minimum absolute atomic E-state index is 0.151. The molecule has 1 amide bonds. The third-order valence-electron chi connectivity index (χ3n) is 6.77. The van der Waals surface area contributed by atoms with E-state index in [4.69, 9.17) is 4.74 Å². The van der Waals surface area contributed by atoms with Crippen LogP contribution in [-0.4, -0.2) is 55.3 Å². The molecule has 7 nitrogen and oxygen atoms in total. The zero-order chi connectivity index (χ0) is 23.0.